The van der Waals surface area contributed by atoms with Crippen LogP contribution in [0.25, 0.3) is 0 Å². The molecule has 0 aliphatic heterocycles. The zero-order chi connectivity index (χ0) is 7.40. The van der Waals surface area contributed by atoms with Gasteiger partial charge in [0.15, 0.2) is 23.0 Å². The lowest BCUT2D eigenvalue weighted by Crippen LogP contribution is -1.93. The van der Waals surface area contributed by atoms with Crippen molar-refractivity contribution in [3.8, 4) is 0 Å². The summed E-state index contributed by atoms with van der Waals surface area (Å²) in [6.45, 7) is 2.11. The molecular formula is C7H9IO2. The average molecular weight is 252 g/mol. The Morgan fingerprint density at radius 3 is 2.70 bits per heavy atom. The van der Waals surface area contributed by atoms with Crippen LogP contribution in [0.4, 0.5) is 0 Å². The predicted octanol–water partition coefficient (Wildman–Crippen LogP) is 2.91. The Bertz CT molecular complexity index is 168. The lowest BCUT2D eigenvalue weighted by Gasteiger charge is -2.08. The largest absolute Gasteiger partial charge is 0.332 e. The molecule has 0 saturated heterocycles. The molecule has 2 nitrogen and oxygen atoms in total. The molecule has 1 rings (SSSR count). The van der Waals surface area contributed by atoms with Crippen LogP contribution in [0.3, 0.4) is 0 Å². The molecule has 0 unspecified atom stereocenters. The van der Waals surface area contributed by atoms with Gasteiger partial charge in [0.1, 0.15) is 5.76 Å². The van der Waals surface area contributed by atoms with E-state index in [0.29, 0.717) is 0 Å². The second-order valence-electron chi connectivity index (χ2n) is 2.29. The van der Waals surface area contributed by atoms with Crippen molar-refractivity contribution in [2.75, 3.05) is 0 Å². The highest BCUT2D eigenvalue weighted by Gasteiger charge is 2.03. The number of halogens is 1. The maximum Gasteiger partial charge on any atom is 0.170 e. The first-order valence-electron chi connectivity index (χ1n) is 3.14. The van der Waals surface area contributed by atoms with Crippen LogP contribution in [-0.2, 0) is 8.10 Å². The van der Waals surface area contributed by atoms with E-state index >= 15 is 0 Å². The molecule has 0 aromatic carbocycles. The van der Waals surface area contributed by atoms with Gasteiger partial charge in [0.05, 0.1) is 0 Å². The minimum atomic E-state index is 0.903. The van der Waals surface area contributed by atoms with Gasteiger partial charge < -0.3 is 4.89 Å². The molecule has 56 valence electrons. The first kappa shape index (κ1) is 8.07. The van der Waals surface area contributed by atoms with Crippen LogP contribution >= 0.6 is 23.0 Å². The molecule has 0 aromatic rings. The monoisotopic (exact) mass is 252 g/mol. The molecule has 0 heterocycles. The molecule has 0 bridgehead atoms. The van der Waals surface area contributed by atoms with Crippen molar-refractivity contribution < 1.29 is 8.10 Å². The Morgan fingerprint density at radius 1 is 1.40 bits per heavy atom. The van der Waals surface area contributed by atoms with E-state index in [1.54, 1.807) is 23.0 Å². The summed E-state index contributed by atoms with van der Waals surface area (Å²) < 4.78 is 4.49. The summed E-state index contributed by atoms with van der Waals surface area (Å²) in [4.78, 5) is 4.83. The van der Waals surface area contributed by atoms with E-state index in [-0.39, 0.29) is 0 Å². The predicted molar refractivity (Wildman–Crippen MR) is 47.3 cm³/mol. The fourth-order valence-corrected chi connectivity index (χ4v) is 1.06. The standard InChI is InChI=1S/C7H9IO2/c1-6-2-4-7(5-3-6)9-10-8/h2,4H,3,5H2,1H3. The van der Waals surface area contributed by atoms with E-state index in [4.69, 9.17) is 4.89 Å². The van der Waals surface area contributed by atoms with Gasteiger partial charge in [-0.05, 0) is 19.4 Å². The smallest absolute Gasteiger partial charge is 0.170 e. The highest BCUT2D eigenvalue weighted by atomic mass is 127. The molecule has 0 N–H and O–H groups in total. The number of rotatable bonds is 2. The second-order valence-corrected chi connectivity index (χ2v) is 2.65. The van der Waals surface area contributed by atoms with Crippen molar-refractivity contribution in [2.24, 2.45) is 0 Å². The quantitative estimate of drug-likeness (QED) is 0.427. The third kappa shape index (κ3) is 2.30. The van der Waals surface area contributed by atoms with Crippen LogP contribution in [0.2, 0.25) is 0 Å². The Morgan fingerprint density at radius 2 is 2.20 bits per heavy atom. The maximum atomic E-state index is 4.83. The van der Waals surface area contributed by atoms with E-state index in [0.717, 1.165) is 18.6 Å². The molecule has 0 radical (unpaired) electrons. The molecular weight excluding hydrogens is 243 g/mol. The van der Waals surface area contributed by atoms with E-state index in [1.165, 1.54) is 5.57 Å². The maximum absolute atomic E-state index is 4.83. The Balaban J connectivity index is 2.47. The summed E-state index contributed by atoms with van der Waals surface area (Å²) in [5.74, 6) is 0.903. The number of hydrogen-bond acceptors (Lipinski definition) is 2. The fraction of sp³-hybridized carbons (Fsp3) is 0.429. The van der Waals surface area contributed by atoms with Crippen molar-refractivity contribution in [1.82, 2.24) is 0 Å². The van der Waals surface area contributed by atoms with Crippen molar-refractivity contribution in [3.05, 3.63) is 23.5 Å². The van der Waals surface area contributed by atoms with E-state index < -0.39 is 0 Å². The van der Waals surface area contributed by atoms with Gasteiger partial charge in [-0.3, -0.25) is 0 Å². The van der Waals surface area contributed by atoms with Gasteiger partial charge in [-0.15, -0.1) is 3.22 Å². The summed E-state index contributed by atoms with van der Waals surface area (Å²) in [6.07, 6.45) is 6.02. The molecule has 10 heavy (non-hydrogen) atoms. The fourth-order valence-electron chi connectivity index (χ4n) is 0.832. The van der Waals surface area contributed by atoms with Crippen LogP contribution in [0.15, 0.2) is 23.5 Å². The van der Waals surface area contributed by atoms with Crippen molar-refractivity contribution in [2.45, 2.75) is 19.8 Å². The Kier molecular flexibility index (Phi) is 3.21. The molecule has 0 saturated carbocycles. The number of allylic oxidation sites excluding steroid dienone is 4. The van der Waals surface area contributed by atoms with Gasteiger partial charge in [0.25, 0.3) is 0 Å². The molecule has 0 aromatic heterocycles. The van der Waals surface area contributed by atoms with Crippen LogP contribution < -0.4 is 0 Å². The molecule has 0 spiro atoms. The van der Waals surface area contributed by atoms with Crippen molar-refractivity contribution >= 4 is 23.0 Å². The molecule has 1 aliphatic rings. The molecule has 3 heteroatoms. The third-order valence-electron chi connectivity index (χ3n) is 1.46. The lowest BCUT2D eigenvalue weighted by atomic mass is 10.1. The first-order chi connectivity index (χ1) is 4.83. The van der Waals surface area contributed by atoms with Gasteiger partial charge in [0, 0.05) is 6.42 Å². The zero-order valence-electron chi connectivity index (χ0n) is 5.76. The molecule has 0 fully saturated rings. The Hall–Kier alpha value is -0.0300. The van der Waals surface area contributed by atoms with Gasteiger partial charge in [-0.1, -0.05) is 11.6 Å². The average Bonchev–Trinajstić information content (AvgIpc) is 1.95. The second kappa shape index (κ2) is 3.98. The summed E-state index contributed by atoms with van der Waals surface area (Å²) in [6, 6.07) is 0. The van der Waals surface area contributed by atoms with Crippen LogP contribution in [-0.4, -0.2) is 0 Å². The van der Waals surface area contributed by atoms with Gasteiger partial charge in [0.2, 0.25) is 0 Å². The van der Waals surface area contributed by atoms with Crippen LogP contribution in [0.1, 0.15) is 19.8 Å². The summed E-state index contributed by atoms with van der Waals surface area (Å²) in [7, 11) is 0. The molecule has 0 amide bonds. The van der Waals surface area contributed by atoms with Crippen LogP contribution in [0.5, 0.6) is 0 Å². The summed E-state index contributed by atoms with van der Waals surface area (Å²) in [5.41, 5.74) is 1.39. The lowest BCUT2D eigenvalue weighted by molar-refractivity contribution is -0.124. The summed E-state index contributed by atoms with van der Waals surface area (Å²) >= 11 is 1.71. The first-order valence-corrected chi connectivity index (χ1v) is 4.02. The van der Waals surface area contributed by atoms with E-state index in [1.807, 2.05) is 6.08 Å². The van der Waals surface area contributed by atoms with Gasteiger partial charge in [-0.25, -0.2) is 0 Å². The minimum absolute atomic E-state index is 0.903. The van der Waals surface area contributed by atoms with Gasteiger partial charge >= 0.3 is 0 Å². The molecule has 1 aliphatic carbocycles. The van der Waals surface area contributed by atoms with Gasteiger partial charge in [-0.2, -0.15) is 0 Å². The van der Waals surface area contributed by atoms with E-state index in [9.17, 15) is 0 Å². The van der Waals surface area contributed by atoms with Crippen LogP contribution in [0, 0.1) is 0 Å². The highest BCUT2D eigenvalue weighted by Crippen LogP contribution is 2.19. The minimum Gasteiger partial charge on any atom is -0.332 e. The van der Waals surface area contributed by atoms with Crippen molar-refractivity contribution in [3.63, 3.8) is 0 Å². The highest BCUT2D eigenvalue weighted by molar-refractivity contribution is 14.1. The summed E-state index contributed by atoms with van der Waals surface area (Å²) in [5, 5.41) is 0. The van der Waals surface area contributed by atoms with Crippen molar-refractivity contribution in [1.29, 1.82) is 0 Å². The Labute approximate surface area is 74.5 Å². The third-order valence-corrected chi connectivity index (χ3v) is 1.64. The molecule has 0 atom stereocenters. The van der Waals surface area contributed by atoms with E-state index in [2.05, 4.69) is 16.2 Å². The topological polar surface area (TPSA) is 18.5 Å². The normalized spacial score (nSPS) is 17.8. The SMILES string of the molecule is CC1=CC=C(OOI)CC1. The zero-order valence-corrected chi connectivity index (χ0v) is 7.92. The number of hydrogen-bond donors (Lipinski definition) is 0.